The van der Waals surface area contributed by atoms with Crippen LogP contribution < -0.4 is 14.8 Å². The van der Waals surface area contributed by atoms with Gasteiger partial charge < -0.3 is 14.8 Å². The van der Waals surface area contributed by atoms with E-state index in [9.17, 15) is 4.79 Å². The molecule has 0 bridgehead atoms. The van der Waals surface area contributed by atoms with Gasteiger partial charge in [0.15, 0.2) is 0 Å². The number of aromatic nitrogens is 2. The number of hydrogen-bond acceptors (Lipinski definition) is 6. The van der Waals surface area contributed by atoms with Crippen molar-refractivity contribution in [3.63, 3.8) is 0 Å². The van der Waals surface area contributed by atoms with Crippen LogP contribution in [0.4, 0.5) is 0 Å². The number of amides is 1. The number of thioether (sulfide) groups is 1. The van der Waals surface area contributed by atoms with Crippen LogP contribution in [0.5, 0.6) is 11.8 Å². The standard InChI is InChI=1S/C18H21N3O3S/c1-2-23-18-14(4-3-8-19-18)11-21-17(22)13-5-6-16(20-10-13)24-15-7-9-25-12-15/h3-6,8,10,15H,2,7,9,11-12H2,1H3,(H,21,22). The lowest BCUT2D eigenvalue weighted by atomic mass is 10.2. The molecule has 2 aromatic rings. The van der Waals surface area contributed by atoms with Crippen LogP contribution in [0.1, 0.15) is 29.3 Å². The lowest BCUT2D eigenvalue weighted by Gasteiger charge is -2.12. The van der Waals surface area contributed by atoms with E-state index in [0.717, 1.165) is 23.5 Å². The van der Waals surface area contributed by atoms with E-state index < -0.39 is 0 Å². The SMILES string of the molecule is CCOc1ncccc1CNC(=O)c1ccc(OC2CCSC2)nc1. The van der Waals surface area contributed by atoms with Gasteiger partial charge in [-0.15, -0.1) is 0 Å². The van der Waals surface area contributed by atoms with Crippen LogP contribution in [0, 0.1) is 0 Å². The van der Waals surface area contributed by atoms with Crippen LogP contribution in [-0.2, 0) is 6.54 Å². The zero-order valence-electron chi connectivity index (χ0n) is 14.1. The second-order valence-electron chi connectivity index (χ2n) is 5.57. The summed E-state index contributed by atoms with van der Waals surface area (Å²) in [5.41, 5.74) is 1.33. The van der Waals surface area contributed by atoms with Crippen molar-refractivity contribution in [2.45, 2.75) is 26.0 Å². The zero-order chi connectivity index (χ0) is 17.5. The van der Waals surface area contributed by atoms with Gasteiger partial charge in [0.05, 0.1) is 12.2 Å². The minimum Gasteiger partial charge on any atom is -0.478 e. The number of pyridine rings is 2. The van der Waals surface area contributed by atoms with Gasteiger partial charge in [0.1, 0.15) is 6.10 Å². The molecule has 0 spiro atoms. The summed E-state index contributed by atoms with van der Waals surface area (Å²) < 4.78 is 11.3. The Bertz CT molecular complexity index is 703. The number of nitrogens with zero attached hydrogens (tertiary/aromatic N) is 2. The predicted octanol–water partition coefficient (Wildman–Crippen LogP) is 2.69. The fourth-order valence-electron chi connectivity index (χ4n) is 2.46. The van der Waals surface area contributed by atoms with Crippen molar-refractivity contribution in [1.82, 2.24) is 15.3 Å². The van der Waals surface area contributed by atoms with Gasteiger partial charge in [-0.2, -0.15) is 11.8 Å². The zero-order valence-corrected chi connectivity index (χ0v) is 14.9. The lowest BCUT2D eigenvalue weighted by molar-refractivity contribution is 0.0950. The molecule has 1 aliphatic rings. The van der Waals surface area contributed by atoms with E-state index in [-0.39, 0.29) is 12.0 Å². The second-order valence-corrected chi connectivity index (χ2v) is 6.72. The summed E-state index contributed by atoms with van der Waals surface area (Å²) >= 11 is 1.89. The van der Waals surface area contributed by atoms with Gasteiger partial charge in [0.25, 0.3) is 5.91 Å². The molecule has 132 valence electrons. The van der Waals surface area contributed by atoms with Crippen molar-refractivity contribution in [2.24, 2.45) is 0 Å². The molecule has 1 N–H and O–H groups in total. The van der Waals surface area contributed by atoms with Gasteiger partial charge in [-0.3, -0.25) is 4.79 Å². The Morgan fingerprint density at radius 2 is 2.28 bits per heavy atom. The van der Waals surface area contributed by atoms with E-state index in [1.807, 2.05) is 30.8 Å². The first-order chi connectivity index (χ1) is 12.3. The summed E-state index contributed by atoms with van der Waals surface area (Å²) in [6, 6.07) is 7.17. The summed E-state index contributed by atoms with van der Waals surface area (Å²) in [5.74, 6) is 3.04. The van der Waals surface area contributed by atoms with Crippen molar-refractivity contribution >= 4 is 17.7 Å². The predicted molar refractivity (Wildman–Crippen MR) is 97.2 cm³/mol. The number of nitrogens with one attached hydrogen (secondary N) is 1. The molecule has 1 atom stereocenters. The van der Waals surface area contributed by atoms with Gasteiger partial charge in [-0.05, 0) is 31.2 Å². The van der Waals surface area contributed by atoms with E-state index in [2.05, 4.69) is 15.3 Å². The maximum Gasteiger partial charge on any atom is 0.253 e. The first kappa shape index (κ1) is 17.5. The topological polar surface area (TPSA) is 73.3 Å². The highest BCUT2D eigenvalue weighted by molar-refractivity contribution is 7.99. The molecule has 1 saturated heterocycles. The Hall–Kier alpha value is -2.28. The molecule has 0 aromatic carbocycles. The quantitative estimate of drug-likeness (QED) is 0.819. The molecule has 0 saturated carbocycles. The van der Waals surface area contributed by atoms with Gasteiger partial charge >= 0.3 is 0 Å². The second kappa shape index (κ2) is 8.71. The molecule has 3 rings (SSSR count). The highest BCUT2D eigenvalue weighted by Gasteiger charge is 2.17. The molecular formula is C18H21N3O3S. The van der Waals surface area contributed by atoms with Crippen molar-refractivity contribution in [2.75, 3.05) is 18.1 Å². The summed E-state index contributed by atoms with van der Waals surface area (Å²) in [5, 5.41) is 2.86. The highest BCUT2D eigenvalue weighted by atomic mass is 32.2. The smallest absolute Gasteiger partial charge is 0.253 e. The average Bonchev–Trinajstić information content (AvgIpc) is 3.15. The number of carbonyl (C=O) groups excluding carboxylic acids is 1. The molecule has 1 fully saturated rings. The fourth-order valence-corrected chi connectivity index (χ4v) is 3.56. The third-order valence-corrected chi connectivity index (χ3v) is 4.88. The number of ether oxygens (including phenoxy) is 2. The number of rotatable bonds is 7. The molecule has 1 amide bonds. The molecular weight excluding hydrogens is 338 g/mol. The average molecular weight is 359 g/mol. The summed E-state index contributed by atoms with van der Waals surface area (Å²) in [6.07, 6.45) is 4.48. The molecule has 7 heteroatoms. The Balaban J connectivity index is 1.56. The van der Waals surface area contributed by atoms with E-state index in [1.165, 1.54) is 0 Å². The highest BCUT2D eigenvalue weighted by Crippen LogP contribution is 2.22. The van der Waals surface area contributed by atoms with Crippen LogP contribution >= 0.6 is 11.8 Å². The Labute approximate surface area is 151 Å². The normalized spacial score (nSPS) is 16.4. The van der Waals surface area contributed by atoms with Gasteiger partial charge in [-0.1, -0.05) is 6.07 Å². The van der Waals surface area contributed by atoms with Crippen molar-refractivity contribution in [3.05, 3.63) is 47.8 Å². The van der Waals surface area contributed by atoms with E-state index in [1.54, 1.807) is 24.5 Å². The van der Waals surface area contributed by atoms with Gasteiger partial charge in [0, 0.05) is 36.3 Å². The molecule has 0 aliphatic carbocycles. The largest absolute Gasteiger partial charge is 0.478 e. The maximum atomic E-state index is 12.3. The van der Waals surface area contributed by atoms with Gasteiger partial charge in [0.2, 0.25) is 11.8 Å². The van der Waals surface area contributed by atoms with Crippen LogP contribution in [0.3, 0.4) is 0 Å². The Kier molecular flexibility index (Phi) is 6.11. The van der Waals surface area contributed by atoms with E-state index >= 15 is 0 Å². The monoisotopic (exact) mass is 359 g/mol. The first-order valence-corrected chi connectivity index (χ1v) is 9.47. The maximum absolute atomic E-state index is 12.3. The number of carbonyl (C=O) groups is 1. The molecule has 0 radical (unpaired) electrons. The lowest BCUT2D eigenvalue weighted by Crippen LogP contribution is -2.23. The molecule has 1 aliphatic heterocycles. The molecule has 1 unspecified atom stereocenters. The molecule has 2 aromatic heterocycles. The summed E-state index contributed by atoms with van der Waals surface area (Å²) in [6.45, 7) is 2.78. The fraction of sp³-hybridized carbons (Fsp3) is 0.389. The van der Waals surface area contributed by atoms with Crippen LogP contribution in [0.15, 0.2) is 36.7 Å². The van der Waals surface area contributed by atoms with E-state index in [4.69, 9.17) is 9.47 Å². The third kappa shape index (κ3) is 4.85. The Morgan fingerprint density at radius 3 is 3.00 bits per heavy atom. The van der Waals surface area contributed by atoms with Crippen molar-refractivity contribution in [3.8, 4) is 11.8 Å². The van der Waals surface area contributed by atoms with E-state index in [0.29, 0.717) is 30.5 Å². The molecule has 3 heterocycles. The van der Waals surface area contributed by atoms with Crippen LogP contribution in [0.2, 0.25) is 0 Å². The number of hydrogen-bond donors (Lipinski definition) is 1. The summed E-state index contributed by atoms with van der Waals surface area (Å²) in [7, 11) is 0. The van der Waals surface area contributed by atoms with Crippen molar-refractivity contribution in [1.29, 1.82) is 0 Å². The third-order valence-electron chi connectivity index (χ3n) is 3.74. The minimum atomic E-state index is -0.193. The van der Waals surface area contributed by atoms with Crippen LogP contribution in [0.25, 0.3) is 0 Å². The first-order valence-electron chi connectivity index (χ1n) is 8.31. The molecule has 6 nitrogen and oxygen atoms in total. The Morgan fingerprint density at radius 1 is 1.36 bits per heavy atom. The molecule has 25 heavy (non-hydrogen) atoms. The minimum absolute atomic E-state index is 0.193. The van der Waals surface area contributed by atoms with Crippen LogP contribution in [-0.4, -0.2) is 40.1 Å². The van der Waals surface area contributed by atoms with Gasteiger partial charge in [-0.25, -0.2) is 9.97 Å². The summed E-state index contributed by atoms with van der Waals surface area (Å²) in [4.78, 5) is 20.7. The van der Waals surface area contributed by atoms with Crippen molar-refractivity contribution < 1.29 is 14.3 Å².